The van der Waals surface area contributed by atoms with Gasteiger partial charge in [0.1, 0.15) is 0 Å². The summed E-state index contributed by atoms with van der Waals surface area (Å²) >= 11 is 0. The molecular weight excluding hydrogens is 198 g/mol. The average molecular weight is 225 g/mol. The molecule has 16 heavy (non-hydrogen) atoms. The van der Waals surface area contributed by atoms with Crippen molar-refractivity contribution in [3.05, 3.63) is 0 Å². The molecule has 3 atom stereocenters. The summed E-state index contributed by atoms with van der Waals surface area (Å²) in [7, 11) is 0. The number of hydrogen-bond acceptors (Lipinski definition) is 2. The van der Waals surface area contributed by atoms with Gasteiger partial charge >= 0.3 is 0 Å². The molecule has 0 aromatic heterocycles. The third-order valence-corrected chi connectivity index (χ3v) is 4.74. The van der Waals surface area contributed by atoms with Crippen LogP contribution >= 0.6 is 0 Å². The number of nitrogens with zero attached hydrogens (tertiary/aromatic N) is 1. The van der Waals surface area contributed by atoms with Crippen LogP contribution in [0.1, 0.15) is 52.4 Å². The Morgan fingerprint density at radius 3 is 2.44 bits per heavy atom. The molecule has 1 saturated heterocycles. The van der Waals surface area contributed by atoms with E-state index in [0.29, 0.717) is 6.04 Å². The molecule has 0 bridgehead atoms. The number of rotatable bonds is 2. The van der Waals surface area contributed by atoms with Gasteiger partial charge in [0.2, 0.25) is 0 Å². The van der Waals surface area contributed by atoms with Crippen molar-refractivity contribution in [2.75, 3.05) is 13.1 Å². The smallest absolute Gasteiger partial charge is 0.0695 e. The maximum Gasteiger partial charge on any atom is 0.0695 e. The first kappa shape index (κ1) is 12.4. The second-order valence-electron chi connectivity index (χ2n) is 5.94. The molecule has 2 aliphatic rings. The minimum atomic E-state index is -0.0608. The van der Waals surface area contributed by atoms with Crippen LogP contribution in [0.4, 0.5) is 0 Å². The van der Waals surface area contributed by atoms with E-state index in [-0.39, 0.29) is 6.10 Å². The molecule has 2 rings (SSSR count). The standard InChI is InChI=1S/C14H27NO/c1-3-12-6-8-15(9-7-12)13-10-11(2)4-5-14(13)16/h11-14,16H,3-10H2,1-2H3. The molecule has 94 valence electrons. The van der Waals surface area contributed by atoms with E-state index in [1.165, 1.54) is 45.2 Å². The SMILES string of the molecule is CCC1CCN(C2CC(C)CCC2O)CC1. The van der Waals surface area contributed by atoms with Gasteiger partial charge in [-0.1, -0.05) is 20.3 Å². The number of likely N-dealkylation sites (tertiary alicyclic amines) is 1. The Hall–Kier alpha value is -0.0800. The largest absolute Gasteiger partial charge is 0.391 e. The van der Waals surface area contributed by atoms with Crippen molar-refractivity contribution in [3.63, 3.8) is 0 Å². The zero-order chi connectivity index (χ0) is 11.5. The molecule has 2 heteroatoms. The highest BCUT2D eigenvalue weighted by Gasteiger charge is 2.33. The highest BCUT2D eigenvalue weighted by atomic mass is 16.3. The fourth-order valence-corrected chi connectivity index (χ4v) is 3.42. The van der Waals surface area contributed by atoms with Crippen molar-refractivity contribution in [1.82, 2.24) is 4.90 Å². The first-order chi connectivity index (χ1) is 7.70. The lowest BCUT2D eigenvalue weighted by Gasteiger charge is -2.43. The number of aliphatic hydroxyl groups excluding tert-OH is 1. The Morgan fingerprint density at radius 2 is 1.81 bits per heavy atom. The van der Waals surface area contributed by atoms with Crippen LogP contribution in [0, 0.1) is 11.8 Å². The number of hydrogen-bond donors (Lipinski definition) is 1. The fourth-order valence-electron chi connectivity index (χ4n) is 3.42. The van der Waals surface area contributed by atoms with Crippen LogP contribution < -0.4 is 0 Å². The topological polar surface area (TPSA) is 23.5 Å². The average Bonchev–Trinajstić information content (AvgIpc) is 2.32. The van der Waals surface area contributed by atoms with Crippen molar-refractivity contribution >= 4 is 0 Å². The molecule has 1 aliphatic heterocycles. The van der Waals surface area contributed by atoms with Crippen LogP contribution in [0.2, 0.25) is 0 Å². The highest BCUT2D eigenvalue weighted by molar-refractivity contribution is 4.87. The minimum Gasteiger partial charge on any atom is -0.391 e. The van der Waals surface area contributed by atoms with Gasteiger partial charge in [0.25, 0.3) is 0 Å². The number of aliphatic hydroxyl groups is 1. The molecule has 0 aromatic carbocycles. The Kier molecular flexibility index (Phi) is 4.26. The van der Waals surface area contributed by atoms with Gasteiger partial charge in [0.05, 0.1) is 6.10 Å². The maximum absolute atomic E-state index is 10.1. The summed E-state index contributed by atoms with van der Waals surface area (Å²) in [5, 5.41) is 10.1. The summed E-state index contributed by atoms with van der Waals surface area (Å²) in [6.07, 6.45) is 7.38. The predicted molar refractivity (Wildman–Crippen MR) is 67.4 cm³/mol. The quantitative estimate of drug-likeness (QED) is 0.781. The second-order valence-corrected chi connectivity index (χ2v) is 5.94. The minimum absolute atomic E-state index is 0.0608. The van der Waals surface area contributed by atoms with E-state index in [0.717, 1.165) is 18.3 Å². The first-order valence-corrected chi connectivity index (χ1v) is 7.12. The number of piperidine rings is 1. The molecule has 1 aliphatic carbocycles. The summed E-state index contributed by atoms with van der Waals surface area (Å²) in [4.78, 5) is 2.56. The molecule has 0 spiro atoms. The lowest BCUT2D eigenvalue weighted by atomic mass is 9.82. The third kappa shape index (κ3) is 2.78. The van der Waals surface area contributed by atoms with Crippen LogP contribution in [0.15, 0.2) is 0 Å². The summed E-state index contributed by atoms with van der Waals surface area (Å²) in [6, 6.07) is 0.460. The van der Waals surface area contributed by atoms with Gasteiger partial charge in [0, 0.05) is 6.04 Å². The van der Waals surface area contributed by atoms with Gasteiger partial charge in [-0.2, -0.15) is 0 Å². The molecular formula is C14H27NO. The summed E-state index contributed by atoms with van der Waals surface area (Å²) in [6.45, 7) is 7.06. The fraction of sp³-hybridized carbons (Fsp3) is 1.00. The Bertz CT molecular complexity index is 211. The molecule has 0 aromatic rings. The molecule has 2 nitrogen and oxygen atoms in total. The summed E-state index contributed by atoms with van der Waals surface area (Å²) in [5.41, 5.74) is 0. The maximum atomic E-state index is 10.1. The van der Waals surface area contributed by atoms with E-state index in [1.54, 1.807) is 0 Å². The van der Waals surface area contributed by atoms with Crippen LogP contribution in [-0.4, -0.2) is 35.2 Å². The molecule has 1 N–H and O–H groups in total. The van der Waals surface area contributed by atoms with Crippen LogP contribution in [0.3, 0.4) is 0 Å². The van der Waals surface area contributed by atoms with Crippen molar-refractivity contribution in [3.8, 4) is 0 Å². The Labute approximate surface area is 100 Å². The van der Waals surface area contributed by atoms with E-state index < -0.39 is 0 Å². The molecule has 2 fully saturated rings. The Morgan fingerprint density at radius 1 is 1.12 bits per heavy atom. The summed E-state index contributed by atoms with van der Waals surface area (Å²) < 4.78 is 0. The van der Waals surface area contributed by atoms with Gasteiger partial charge in [-0.25, -0.2) is 0 Å². The van der Waals surface area contributed by atoms with Gasteiger partial charge in [-0.05, 0) is 57.0 Å². The second kappa shape index (κ2) is 5.50. The predicted octanol–water partition coefficient (Wildman–Crippen LogP) is 2.66. The molecule has 3 unspecified atom stereocenters. The van der Waals surface area contributed by atoms with Crippen molar-refractivity contribution in [2.24, 2.45) is 11.8 Å². The zero-order valence-corrected chi connectivity index (χ0v) is 10.9. The van der Waals surface area contributed by atoms with Gasteiger partial charge in [-0.3, -0.25) is 4.90 Å². The van der Waals surface area contributed by atoms with Crippen molar-refractivity contribution in [1.29, 1.82) is 0 Å². The molecule has 1 heterocycles. The van der Waals surface area contributed by atoms with Crippen LogP contribution in [-0.2, 0) is 0 Å². The van der Waals surface area contributed by atoms with Crippen LogP contribution in [0.5, 0.6) is 0 Å². The van der Waals surface area contributed by atoms with E-state index in [1.807, 2.05) is 0 Å². The van der Waals surface area contributed by atoms with Crippen LogP contribution in [0.25, 0.3) is 0 Å². The summed E-state index contributed by atoms with van der Waals surface area (Å²) in [5.74, 6) is 1.74. The lowest BCUT2D eigenvalue weighted by molar-refractivity contribution is -0.00871. The van der Waals surface area contributed by atoms with Gasteiger partial charge < -0.3 is 5.11 Å². The van der Waals surface area contributed by atoms with E-state index in [2.05, 4.69) is 18.7 Å². The van der Waals surface area contributed by atoms with E-state index in [9.17, 15) is 5.11 Å². The monoisotopic (exact) mass is 225 g/mol. The molecule has 0 radical (unpaired) electrons. The highest BCUT2D eigenvalue weighted by Crippen LogP contribution is 2.31. The van der Waals surface area contributed by atoms with Crippen molar-refractivity contribution < 1.29 is 5.11 Å². The van der Waals surface area contributed by atoms with E-state index in [4.69, 9.17) is 0 Å². The molecule has 0 amide bonds. The third-order valence-electron chi connectivity index (χ3n) is 4.74. The van der Waals surface area contributed by atoms with Gasteiger partial charge in [-0.15, -0.1) is 0 Å². The first-order valence-electron chi connectivity index (χ1n) is 7.12. The van der Waals surface area contributed by atoms with E-state index >= 15 is 0 Å². The van der Waals surface area contributed by atoms with Crippen molar-refractivity contribution in [2.45, 2.75) is 64.5 Å². The van der Waals surface area contributed by atoms with Gasteiger partial charge in [0.15, 0.2) is 0 Å². The molecule has 1 saturated carbocycles. The zero-order valence-electron chi connectivity index (χ0n) is 10.9. The lowest BCUT2D eigenvalue weighted by Crippen LogP contribution is -2.50. The Balaban J connectivity index is 1.87. The normalized spacial score (nSPS) is 38.8.